The number of rotatable bonds is 7. The van der Waals surface area contributed by atoms with Crippen LogP contribution in [0.4, 0.5) is 0 Å². The van der Waals surface area contributed by atoms with Gasteiger partial charge in [-0.1, -0.05) is 60.3 Å². The smallest absolute Gasteiger partial charge is 0.251 e. The molecule has 3 rings (SSSR count). The molecule has 1 N–H and O–H groups in total. The number of thioether (sulfide) groups is 1. The number of benzene rings is 2. The molecule has 26 heavy (non-hydrogen) atoms. The van der Waals surface area contributed by atoms with Crippen molar-refractivity contribution in [3.8, 4) is 11.1 Å². The van der Waals surface area contributed by atoms with E-state index in [-0.39, 0.29) is 5.91 Å². The number of nitrogens with zero attached hydrogens (tertiary/aromatic N) is 3. The number of nitrogens with one attached hydrogen (secondary N) is 1. The van der Waals surface area contributed by atoms with Crippen molar-refractivity contribution in [3.05, 3.63) is 66.0 Å². The van der Waals surface area contributed by atoms with E-state index >= 15 is 0 Å². The minimum absolute atomic E-state index is 0.0721. The summed E-state index contributed by atoms with van der Waals surface area (Å²) in [6.07, 6.45) is 2.64. The first-order valence-electron chi connectivity index (χ1n) is 8.63. The van der Waals surface area contributed by atoms with Crippen molar-refractivity contribution in [2.75, 3.05) is 12.8 Å². The Bertz CT molecular complexity index is 877. The molecule has 3 aromatic rings. The van der Waals surface area contributed by atoms with Crippen LogP contribution in [-0.2, 0) is 13.0 Å². The molecule has 0 spiro atoms. The van der Waals surface area contributed by atoms with Gasteiger partial charge in [0.25, 0.3) is 5.91 Å². The van der Waals surface area contributed by atoms with E-state index in [2.05, 4.69) is 27.0 Å². The van der Waals surface area contributed by atoms with Crippen LogP contribution in [0.1, 0.15) is 23.1 Å². The van der Waals surface area contributed by atoms with Crippen LogP contribution in [0, 0.1) is 0 Å². The minimum atomic E-state index is -0.0721. The van der Waals surface area contributed by atoms with E-state index in [0.29, 0.717) is 18.5 Å². The second-order valence-electron chi connectivity index (χ2n) is 5.76. The molecule has 0 aliphatic heterocycles. The molecule has 0 unspecified atom stereocenters. The van der Waals surface area contributed by atoms with E-state index in [4.69, 9.17) is 0 Å². The van der Waals surface area contributed by atoms with Gasteiger partial charge in [-0.05, 0) is 30.4 Å². The van der Waals surface area contributed by atoms with Gasteiger partial charge in [0, 0.05) is 25.1 Å². The van der Waals surface area contributed by atoms with Gasteiger partial charge in [-0.3, -0.25) is 4.79 Å². The van der Waals surface area contributed by atoms with E-state index in [1.54, 1.807) is 11.8 Å². The van der Waals surface area contributed by atoms with Gasteiger partial charge in [0.2, 0.25) is 0 Å². The maximum atomic E-state index is 12.7. The standard InChI is InChI=1S/C20H22N4OS/c1-3-24-18(22-23-20(24)26-2)13-14-21-19(25)17-12-8-7-11-16(17)15-9-5-4-6-10-15/h4-12H,3,13-14H2,1-2H3,(H,21,25). The summed E-state index contributed by atoms with van der Waals surface area (Å²) >= 11 is 1.58. The summed E-state index contributed by atoms with van der Waals surface area (Å²) in [4.78, 5) is 12.7. The molecule has 0 saturated heterocycles. The van der Waals surface area contributed by atoms with Gasteiger partial charge < -0.3 is 9.88 Å². The van der Waals surface area contributed by atoms with Gasteiger partial charge in [0.1, 0.15) is 5.82 Å². The van der Waals surface area contributed by atoms with E-state index in [0.717, 1.165) is 28.7 Å². The molecule has 1 amide bonds. The highest BCUT2D eigenvalue weighted by molar-refractivity contribution is 7.98. The van der Waals surface area contributed by atoms with Crippen LogP contribution in [0.3, 0.4) is 0 Å². The first-order valence-corrected chi connectivity index (χ1v) is 9.85. The average Bonchev–Trinajstić information content (AvgIpc) is 3.10. The molecule has 0 saturated carbocycles. The Morgan fingerprint density at radius 3 is 2.54 bits per heavy atom. The molecule has 0 atom stereocenters. The summed E-state index contributed by atoms with van der Waals surface area (Å²) in [7, 11) is 0. The fraction of sp³-hybridized carbons (Fsp3) is 0.250. The van der Waals surface area contributed by atoms with Crippen molar-refractivity contribution in [3.63, 3.8) is 0 Å². The first kappa shape index (κ1) is 18.2. The number of carbonyl (C=O) groups excluding carboxylic acids is 1. The molecule has 0 bridgehead atoms. The molecule has 0 fully saturated rings. The SMILES string of the molecule is CCn1c(CCNC(=O)c2ccccc2-c2ccccc2)nnc1SC. The first-order chi connectivity index (χ1) is 12.7. The van der Waals surface area contributed by atoms with Crippen molar-refractivity contribution < 1.29 is 4.79 Å². The molecular weight excluding hydrogens is 344 g/mol. The van der Waals surface area contributed by atoms with Crippen LogP contribution >= 0.6 is 11.8 Å². The highest BCUT2D eigenvalue weighted by atomic mass is 32.2. The van der Waals surface area contributed by atoms with Gasteiger partial charge in [-0.25, -0.2) is 0 Å². The molecule has 134 valence electrons. The van der Waals surface area contributed by atoms with Gasteiger partial charge >= 0.3 is 0 Å². The van der Waals surface area contributed by atoms with Gasteiger partial charge in [0.15, 0.2) is 5.16 Å². The summed E-state index contributed by atoms with van der Waals surface area (Å²) in [5.41, 5.74) is 2.65. The van der Waals surface area contributed by atoms with E-state index in [1.807, 2.05) is 60.9 Å². The van der Waals surface area contributed by atoms with Crippen molar-refractivity contribution in [2.45, 2.75) is 25.0 Å². The number of hydrogen-bond donors (Lipinski definition) is 1. The third kappa shape index (κ3) is 3.96. The van der Waals surface area contributed by atoms with Crippen LogP contribution in [0.25, 0.3) is 11.1 Å². The normalized spacial score (nSPS) is 10.7. The summed E-state index contributed by atoms with van der Waals surface area (Å²) in [5.74, 6) is 0.825. The van der Waals surface area contributed by atoms with Crippen LogP contribution in [-0.4, -0.2) is 33.5 Å². The van der Waals surface area contributed by atoms with E-state index < -0.39 is 0 Å². The number of carbonyl (C=O) groups is 1. The average molecular weight is 366 g/mol. The zero-order valence-electron chi connectivity index (χ0n) is 15.0. The summed E-state index contributed by atoms with van der Waals surface area (Å²) in [6, 6.07) is 17.6. The van der Waals surface area contributed by atoms with Crippen LogP contribution in [0.2, 0.25) is 0 Å². The second-order valence-corrected chi connectivity index (χ2v) is 6.54. The molecular formula is C20H22N4OS. The van der Waals surface area contributed by atoms with Crippen molar-refractivity contribution in [2.24, 2.45) is 0 Å². The van der Waals surface area contributed by atoms with Gasteiger partial charge in [-0.2, -0.15) is 0 Å². The molecule has 1 heterocycles. The molecule has 1 aromatic heterocycles. The number of hydrogen-bond acceptors (Lipinski definition) is 4. The van der Waals surface area contributed by atoms with Crippen molar-refractivity contribution in [1.29, 1.82) is 0 Å². The lowest BCUT2D eigenvalue weighted by molar-refractivity contribution is 0.0954. The fourth-order valence-electron chi connectivity index (χ4n) is 2.91. The molecule has 0 aliphatic carbocycles. The number of amides is 1. The third-order valence-electron chi connectivity index (χ3n) is 4.18. The van der Waals surface area contributed by atoms with E-state index in [1.165, 1.54) is 0 Å². The highest BCUT2D eigenvalue weighted by Crippen LogP contribution is 2.23. The van der Waals surface area contributed by atoms with Gasteiger partial charge in [0.05, 0.1) is 0 Å². The summed E-state index contributed by atoms with van der Waals surface area (Å²) in [6.45, 7) is 3.42. The zero-order chi connectivity index (χ0) is 18.4. The monoisotopic (exact) mass is 366 g/mol. The predicted octanol–water partition coefficient (Wildman–Crippen LogP) is 3.66. The lowest BCUT2D eigenvalue weighted by Gasteiger charge is -2.11. The largest absolute Gasteiger partial charge is 0.352 e. The Balaban J connectivity index is 1.69. The van der Waals surface area contributed by atoms with Crippen LogP contribution in [0.5, 0.6) is 0 Å². The minimum Gasteiger partial charge on any atom is -0.352 e. The van der Waals surface area contributed by atoms with Gasteiger partial charge in [-0.15, -0.1) is 10.2 Å². The van der Waals surface area contributed by atoms with Crippen LogP contribution in [0.15, 0.2) is 59.8 Å². The van der Waals surface area contributed by atoms with Crippen molar-refractivity contribution >= 4 is 17.7 Å². The number of aromatic nitrogens is 3. The Labute approximate surface area is 157 Å². The third-order valence-corrected chi connectivity index (χ3v) is 4.85. The zero-order valence-corrected chi connectivity index (χ0v) is 15.8. The Hall–Kier alpha value is -2.60. The fourth-order valence-corrected chi connectivity index (χ4v) is 3.48. The Kier molecular flexibility index (Phi) is 6.07. The Morgan fingerprint density at radius 2 is 1.81 bits per heavy atom. The summed E-state index contributed by atoms with van der Waals surface area (Å²) < 4.78 is 2.08. The molecule has 5 nitrogen and oxygen atoms in total. The lowest BCUT2D eigenvalue weighted by atomic mass is 9.99. The van der Waals surface area contributed by atoms with Crippen LogP contribution < -0.4 is 5.32 Å². The Morgan fingerprint density at radius 1 is 1.08 bits per heavy atom. The topological polar surface area (TPSA) is 59.8 Å². The summed E-state index contributed by atoms with van der Waals surface area (Å²) in [5, 5.41) is 12.3. The maximum Gasteiger partial charge on any atom is 0.251 e. The molecule has 0 aliphatic rings. The van der Waals surface area contributed by atoms with E-state index in [9.17, 15) is 4.79 Å². The molecule has 6 heteroatoms. The predicted molar refractivity (Wildman–Crippen MR) is 105 cm³/mol. The lowest BCUT2D eigenvalue weighted by Crippen LogP contribution is -2.27. The highest BCUT2D eigenvalue weighted by Gasteiger charge is 2.13. The van der Waals surface area contributed by atoms with Crippen molar-refractivity contribution in [1.82, 2.24) is 20.1 Å². The quantitative estimate of drug-likeness (QED) is 0.648. The molecule has 0 radical (unpaired) electrons. The maximum absolute atomic E-state index is 12.7. The molecule has 2 aromatic carbocycles. The second kappa shape index (κ2) is 8.67.